The standard InChI is InChI=1S/C17H23NO2S2/c1-2-15(9-10-16-21-11-6-12-22-16)18-17(19)20-13-14-7-4-3-5-8-14/h2-5,7-8,15-16H,1,6,9-13H2,(H,18,19). The fourth-order valence-corrected chi connectivity index (χ4v) is 5.08. The van der Waals surface area contributed by atoms with Crippen molar-refractivity contribution in [3.8, 4) is 0 Å². The van der Waals surface area contributed by atoms with Gasteiger partial charge in [-0.15, -0.1) is 30.1 Å². The Morgan fingerprint density at radius 1 is 1.36 bits per heavy atom. The van der Waals surface area contributed by atoms with Crippen LogP contribution in [0.5, 0.6) is 0 Å². The van der Waals surface area contributed by atoms with Gasteiger partial charge in [0.05, 0.1) is 10.6 Å². The quantitative estimate of drug-likeness (QED) is 0.746. The second-order valence-electron chi connectivity index (χ2n) is 5.15. The summed E-state index contributed by atoms with van der Waals surface area (Å²) < 4.78 is 5.90. The highest BCUT2D eigenvalue weighted by Gasteiger charge is 2.17. The second-order valence-corrected chi connectivity index (χ2v) is 8.07. The van der Waals surface area contributed by atoms with E-state index in [0.717, 1.165) is 18.4 Å². The third kappa shape index (κ3) is 6.36. The van der Waals surface area contributed by atoms with Crippen LogP contribution in [0.4, 0.5) is 4.79 Å². The summed E-state index contributed by atoms with van der Waals surface area (Å²) in [6.07, 6.45) is 4.72. The molecule has 0 aromatic heterocycles. The van der Waals surface area contributed by atoms with Crippen molar-refractivity contribution >= 4 is 29.6 Å². The molecule has 0 bridgehead atoms. The maximum Gasteiger partial charge on any atom is 0.407 e. The molecule has 1 fully saturated rings. The van der Waals surface area contributed by atoms with Gasteiger partial charge in [-0.05, 0) is 36.3 Å². The molecule has 1 aliphatic rings. The third-order valence-corrected chi connectivity index (χ3v) is 6.49. The first-order valence-corrected chi connectivity index (χ1v) is 9.70. The molecule has 3 nitrogen and oxygen atoms in total. The fraction of sp³-hybridized carbons (Fsp3) is 0.471. The van der Waals surface area contributed by atoms with Crippen molar-refractivity contribution in [1.82, 2.24) is 5.32 Å². The summed E-state index contributed by atoms with van der Waals surface area (Å²) in [4.78, 5) is 11.8. The van der Waals surface area contributed by atoms with Gasteiger partial charge in [0.2, 0.25) is 0 Å². The Morgan fingerprint density at radius 2 is 2.09 bits per heavy atom. The summed E-state index contributed by atoms with van der Waals surface area (Å²) >= 11 is 4.05. The normalized spacial score (nSPS) is 16.7. The highest BCUT2D eigenvalue weighted by Crippen LogP contribution is 2.33. The Labute approximate surface area is 141 Å². The molecule has 1 saturated heterocycles. The van der Waals surface area contributed by atoms with Gasteiger partial charge in [0.15, 0.2) is 0 Å². The zero-order valence-corrected chi connectivity index (χ0v) is 14.3. The molecular weight excluding hydrogens is 314 g/mol. The van der Waals surface area contributed by atoms with E-state index in [1.165, 1.54) is 17.9 Å². The molecule has 1 atom stereocenters. The molecule has 0 saturated carbocycles. The molecule has 2 rings (SSSR count). The van der Waals surface area contributed by atoms with Crippen molar-refractivity contribution in [1.29, 1.82) is 0 Å². The lowest BCUT2D eigenvalue weighted by atomic mass is 10.2. The van der Waals surface area contributed by atoms with Gasteiger partial charge in [-0.3, -0.25) is 0 Å². The van der Waals surface area contributed by atoms with E-state index in [2.05, 4.69) is 11.9 Å². The molecule has 0 radical (unpaired) electrons. The highest BCUT2D eigenvalue weighted by molar-refractivity contribution is 8.17. The van der Waals surface area contributed by atoms with Crippen LogP contribution in [0.15, 0.2) is 43.0 Å². The van der Waals surface area contributed by atoms with Crippen molar-refractivity contribution in [3.05, 3.63) is 48.6 Å². The zero-order chi connectivity index (χ0) is 15.6. The average Bonchev–Trinajstić information content (AvgIpc) is 2.58. The molecule has 1 unspecified atom stereocenters. The maximum absolute atomic E-state index is 11.8. The van der Waals surface area contributed by atoms with Crippen LogP contribution in [0.3, 0.4) is 0 Å². The Balaban J connectivity index is 1.67. The first-order valence-electron chi connectivity index (χ1n) is 7.61. The second kappa shape index (κ2) is 9.85. The minimum absolute atomic E-state index is 0.0219. The van der Waals surface area contributed by atoms with Gasteiger partial charge < -0.3 is 10.1 Å². The lowest BCUT2D eigenvalue weighted by molar-refractivity contribution is 0.137. The zero-order valence-electron chi connectivity index (χ0n) is 12.7. The predicted molar refractivity (Wildman–Crippen MR) is 96.3 cm³/mol. The largest absolute Gasteiger partial charge is 0.445 e. The third-order valence-electron chi connectivity index (χ3n) is 3.41. The molecule has 1 aromatic carbocycles. The SMILES string of the molecule is C=CC(CCC1SCCCS1)NC(=O)OCc1ccccc1. The van der Waals surface area contributed by atoms with E-state index in [0.29, 0.717) is 11.2 Å². The molecule has 1 amide bonds. The minimum Gasteiger partial charge on any atom is -0.445 e. The number of carbonyl (C=O) groups is 1. The number of ether oxygens (including phenoxy) is 1. The Kier molecular flexibility index (Phi) is 7.74. The number of carbonyl (C=O) groups excluding carboxylic acids is 1. The number of thioether (sulfide) groups is 2. The fourth-order valence-electron chi connectivity index (χ4n) is 2.18. The Morgan fingerprint density at radius 3 is 2.77 bits per heavy atom. The topological polar surface area (TPSA) is 38.3 Å². The summed E-state index contributed by atoms with van der Waals surface area (Å²) in [6, 6.07) is 9.67. The van der Waals surface area contributed by atoms with E-state index in [1.807, 2.05) is 53.9 Å². The van der Waals surface area contributed by atoms with Gasteiger partial charge >= 0.3 is 6.09 Å². The molecule has 1 N–H and O–H groups in total. The first kappa shape index (κ1) is 17.3. The average molecular weight is 338 g/mol. The number of benzene rings is 1. The number of alkyl carbamates (subject to hydrolysis) is 1. The summed E-state index contributed by atoms with van der Waals surface area (Å²) in [5, 5.41) is 2.88. The van der Waals surface area contributed by atoms with E-state index in [4.69, 9.17) is 4.74 Å². The first-order chi connectivity index (χ1) is 10.8. The number of hydrogen-bond donors (Lipinski definition) is 1. The van der Waals surface area contributed by atoms with Crippen LogP contribution in [0.1, 0.15) is 24.8 Å². The van der Waals surface area contributed by atoms with Gasteiger partial charge in [-0.25, -0.2) is 4.79 Å². The van der Waals surface area contributed by atoms with Crippen molar-refractivity contribution in [2.75, 3.05) is 11.5 Å². The Hall–Kier alpha value is -1.07. The number of rotatable bonds is 7. The lowest BCUT2D eigenvalue weighted by Gasteiger charge is -2.22. The van der Waals surface area contributed by atoms with E-state index in [9.17, 15) is 4.79 Å². The van der Waals surface area contributed by atoms with Crippen LogP contribution < -0.4 is 5.32 Å². The summed E-state index contributed by atoms with van der Waals surface area (Å²) in [5.41, 5.74) is 0.989. The van der Waals surface area contributed by atoms with Gasteiger partial charge in [0.1, 0.15) is 6.61 Å². The van der Waals surface area contributed by atoms with Crippen LogP contribution in [-0.2, 0) is 11.3 Å². The van der Waals surface area contributed by atoms with Gasteiger partial charge in [-0.1, -0.05) is 36.4 Å². The van der Waals surface area contributed by atoms with Gasteiger partial charge in [0.25, 0.3) is 0 Å². The van der Waals surface area contributed by atoms with E-state index >= 15 is 0 Å². The van der Waals surface area contributed by atoms with Gasteiger partial charge in [0, 0.05) is 0 Å². The highest BCUT2D eigenvalue weighted by atomic mass is 32.2. The van der Waals surface area contributed by atoms with E-state index in [1.54, 1.807) is 6.08 Å². The van der Waals surface area contributed by atoms with Crippen molar-refractivity contribution in [2.24, 2.45) is 0 Å². The molecule has 5 heteroatoms. The minimum atomic E-state index is -0.377. The predicted octanol–water partition coefficient (Wildman–Crippen LogP) is 4.44. The molecular formula is C17H23NO2S2. The maximum atomic E-state index is 11.8. The smallest absolute Gasteiger partial charge is 0.407 e. The van der Waals surface area contributed by atoms with Crippen LogP contribution in [-0.4, -0.2) is 28.2 Å². The van der Waals surface area contributed by atoms with Crippen LogP contribution in [0, 0.1) is 0 Å². The molecule has 0 spiro atoms. The van der Waals surface area contributed by atoms with Crippen molar-refractivity contribution < 1.29 is 9.53 Å². The molecule has 1 heterocycles. The van der Waals surface area contributed by atoms with E-state index in [-0.39, 0.29) is 12.1 Å². The molecule has 22 heavy (non-hydrogen) atoms. The van der Waals surface area contributed by atoms with Crippen molar-refractivity contribution in [2.45, 2.75) is 36.5 Å². The van der Waals surface area contributed by atoms with Crippen LogP contribution in [0.2, 0.25) is 0 Å². The van der Waals surface area contributed by atoms with Crippen LogP contribution >= 0.6 is 23.5 Å². The lowest BCUT2D eigenvalue weighted by Crippen LogP contribution is -2.34. The summed E-state index contributed by atoms with van der Waals surface area (Å²) in [7, 11) is 0. The van der Waals surface area contributed by atoms with Crippen LogP contribution in [0.25, 0.3) is 0 Å². The molecule has 1 aliphatic heterocycles. The summed E-state index contributed by atoms with van der Waals surface area (Å²) in [6.45, 7) is 4.11. The number of nitrogens with one attached hydrogen (secondary N) is 1. The molecule has 120 valence electrons. The molecule has 1 aromatic rings. The van der Waals surface area contributed by atoms with Crippen molar-refractivity contribution in [3.63, 3.8) is 0 Å². The number of hydrogen-bond acceptors (Lipinski definition) is 4. The molecule has 0 aliphatic carbocycles. The monoisotopic (exact) mass is 337 g/mol. The summed E-state index contributed by atoms with van der Waals surface area (Å²) in [5.74, 6) is 2.51. The van der Waals surface area contributed by atoms with E-state index < -0.39 is 0 Å². The Bertz CT molecular complexity index is 461. The number of amides is 1. The van der Waals surface area contributed by atoms with Gasteiger partial charge in [-0.2, -0.15) is 0 Å².